The number of fused-ring (bicyclic) bond motifs is 1. The van der Waals surface area contributed by atoms with Crippen LogP contribution < -0.4 is 4.74 Å². The van der Waals surface area contributed by atoms with Crippen LogP contribution in [0, 0.1) is 0 Å². The van der Waals surface area contributed by atoms with Gasteiger partial charge in [0.1, 0.15) is 12.4 Å². The first-order chi connectivity index (χ1) is 15.2. The van der Waals surface area contributed by atoms with Crippen molar-refractivity contribution in [1.82, 2.24) is 14.6 Å². The maximum atomic E-state index is 6.02. The summed E-state index contributed by atoms with van der Waals surface area (Å²) in [7, 11) is 0. The van der Waals surface area contributed by atoms with Gasteiger partial charge in [0.05, 0.1) is 11.9 Å². The van der Waals surface area contributed by atoms with Crippen LogP contribution in [0.2, 0.25) is 10.0 Å². The van der Waals surface area contributed by atoms with E-state index in [4.69, 9.17) is 27.9 Å². The first kappa shape index (κ1) is 19.6. The molecule has 0 fully saturated rings. The summed E-state index contributed by atoms with van der Waals surface area (Å²) < 4.78 is 7.75. The molecule has 0 amide bonds. The molecular weight excluding hydrogens is 429 g/mol. The molecule has 0 bridgehead atoms. The van der Waals surface area contributed by atoms with Gasteiger partial charge in [-0.3, -0.25) is 0 Å². The molecule has 0 N–H and O–H groups in total. The van der Waals surface area contributed by atoms with E-state index in [0.717, 1.165) is 44.4 Å². The second-order valence-corrected chi connectivity index (χ2v) is 7.94. The topological polar surface area (TPSA) is 39.4 Å². The van der Waals surface area contributed by atoms with Crippen molar-refractivity contribution < 1.29 is 4.74 Å². The van der Waals surface area contributed by atoms with E-state index in [1.807, 2.05) is 89.6 Å². The number of halogens is 2. The van der Waals surface area contributed by atoms with E-state index in [0.29, 0.717) is 11.6 Å². The molecule has 5 rings (SSSR count). The molecule has 0 aliphatic heterocycles. The van der Waals surface area contributed by atoms with Crippen LogP contribution in [0.15, 0.2) is 91.3 Å². The molecule has 0 spiro atoms. The summed E-state index contributed by atoms with van der Waals surface area (Å²) in [4.78, 5) is 4.55. The average molecular weight is 446 g/mol. The predicted molar refractivity (Wildman–Crippen MR) is 125 cm³/mol. The maximum Gasteiger partial charge on any atom is 0.163 e. The number of hydrogen-bond acceptors (Lipinski definition) is 3. The van der Waals surface area contributed by atoms with E-state index < -0.39 is 0 Å². The van der Waals surface area contributed by atoms with Gasteiger partial charge in [0.25, 0.3) is 0 Å². The smallest absolute Gasteiger partial charge is 0.163 e. The van der Waals surface area contributed by atoms with Crippen molar-refractivity contribution in [2.24, 2.45) is 0 Å². The standard InChI is InChI=1S/C25H17Cl2N3O/c26-20-7-1-17(2-8-20)16-31-22-11-5-19(6-12-22)24-13-14-28-25-23(15-29-30(24)25)18-3-9-21(27)10-4-18/h1-15H,16H2. The molecule has 0 aliphatic carbocycles. The van der Waals surface area contributed by atoms with E-state index in [1.165, 1.54) is 0 Å². The van der Waals surface area contributed by atoms with Crippen LogP contribution in [0.25, 0.3) is 28.0 Å². The minimum Gasteiger partial charge on any atom is -0.489 e. The number of aromatic nitrogens is 3. The molecule has 0 aliphatic rings. The Morgan fingerprint density at radius 2 is 1.39 bits per heavy atom. The van der Waals surface area contributed by atoms with E-state index in [9.17, 15) is 0 Å². The van der Waals surface area contributed by atoms with Crippen molar-refractivity contribution in [3.8, 4) is 28.1 Å². The van der Waals surface area contributed by atoms with E-state index in [-0.39, 0.29) is 0 Å². The summed E-state index contributed by atoms with van der Waals surface area (Å²) in [5.74, 6) is 0.798. The number of benzene rings is 3. The van der Waals surface area contributed by atoms with Gasteiger partial charge in [0.15, 0.2) is 5.65 Å². The minimum absolute atomic E-state index is 0.486. The Hall–Kier alpha value is -3.34. The van der Waals surface area contributed by atoms with Gasteiger partial charge < -0.3 is 4.74 Å². The monoisotopic (exact) mass is 445 g/mol. The molecule has 0 unspecified atom stereocenters. The summed E-state index contributed by atoms with van der Waals surface area (Å²) in [6.45, 7) is 0.486. The summed E-state index contributed by atoms with van der Waals surface area (Å²) >= 11 is 12.0. The zero-order chi connectivity index (χ0) is 21.2. The number of ether oxygens (including phenoxy) is 1. The fourth-order valence-electron chi connectivity index (χ4n) is 3.41. The molecule has 2 heterocycles. The average Bonchev–Trinajstić information content (AvgIpc) is 3.24. The lowest BCUT2D eigenvalue weighted by Crippen LogP contribution is -1.97. The van der Waals surface area contributed by atoms with Crippen LogP contribution in [-0.4, -0.2) is 14.6 Å². The van der Waals surface area contributed by atoms with Gasteiger partial charge >= 0.3 is 0 Å². The normalized spacial score (nSPS) is 11.0. The highest BCUT2D eigenvalue weighted by Crippen LogP contribution is 2.29. The summed E-state index contributed by atoms with van der Waals surface area (Å²) in [6, 6.07) is 25.2. The maximum absolute atomic E-state index is 6.02. The lowest BCUT2D eigenvalue weighted by atomic mass is 10.1. The van der Waals surface area contributed by atoms with Crippen molar-refractivity contribution in [2.45, 2.75) is 6.61 Å². The highest BCUT2D eigenvalue weighted by Gasteiger charge is 2.12. The van der Waals surface area contributed by atoms with Crippen molar-refractivity contribution in [2.75, 3.05) is 0 Å². The molecule has 152 valence electrons. The Bertz CT molecular complexity index is 1330. The van der Waals surface area contributed by atoms with Crippen LogP contribution in [0.4, 0.5) is 0 Å². The molecule has 0 saturated carbocycles. The van der Waals surface area contributed by atoms with Crippen LogP contribution in [0.1, 0.15) is 5.56 Å². The second kappa shape index (κ2) is 8.42. The quantitative estimate of drug-likeness (QED) is 0.293. The molecule has 5 aromatic rings. The van der Waals surface area contributed by atoms with E-state index >= 15 is 0 Å². The van der Waals surface area contributed by atoms with Crippen LogP contribution in [-0.2, 0) is 6.61 Å². The Balaban J connectivity index is 1.40. The Labute approximate surface area is 189 Å². The first-order valence-corrected chi connectivity index (χ1v) is 10.5. The molecule has 4 nitrogen and oxygen atoms in total. The summed E-state index contributed by atoms with van der Waals surface area (Å²) in [5, 5.41) is 6.00. The first-order valence-electron chi connectivity index (χ1n) is 9.74. The van der Waals surface area contributed by atoms with Gasteiger partial charge in [0, 0.05) is 27.4 Å². The van der Waals surface area contributed by atoms with Crippen LogP contribution in [0.3, 0.4) is 0 Å². The van der Waals surface area contributed by atoms with Gasteiger partial charge in [0.2, 0.25) is 0 Å². The third-order valence-corrected chi connectivity index (χ3v) is 5.53. The zero-order valence-electron chi connectivity index (χ0n) is 16.4. The Kier molecular flexibility index (Phi) is 5.33. The second-order valence-electron chi connectivity index (χ2n) is 7.07. The lowest BCUT2D eigenvalue weighted by molar-refractivity contribution is 0.306. The Morgan fingerprint density at radius 3 is 2.10 bits per heavy atom. The van der Waals surface area contributed by atoms with Crippen molar-refractivity contribution >= 4 is 28.8 Å². The molecule has 0 radical (unpaired) electrons. The van der Waals surface area contributed by atoms with Gasteiger partial charge in [-0.1, -0.05) is 47.5 Å². The third-order valence-electron chi connectivity index (χ3n) is 5.03. The fourth-order valence-corrected chi connectivity index (χ4v) is 3.66. The predicted octanol–water partition coefficient (Wildman–Crippen LogP) is 6.95. The highest BCUT2D eigenvalue weighted by atomic mass is 35.5. The van der Waals surface area contributed by atoms with Crippen LogP contribution >= 0.6 is 23.2 Å². The van der Waals surface area contributed by atoms with Gasteiger partial charge in [-0.25, -0.2) is 9.50 Å². The lowest BCUT2D eigenvalue weighted by Gasteiger charge is -2.09. The van der Waals surface area contributed by atoms with Gasteiger partial charge in [-0.2, -0.15) is 5.10 Å². The number of hydrogen-bond donors (Lipinski definition) is 0. The highest BCUT2D eigenvalue weighted by molar-refractivity contribution is 6.30. The molecule has 0 saturated heterocycles. The Morgan fingerprint density at radius 1 is 0.742 bits per heavy atom. The van der Waals surface area contributed by atoms with Crippen molar-refractivity contribution in [3.63, 3.8) is 0 Å². The number of rotatable bonds is 5. The van der Waals surface area contributed by atoms with E-state index in [2.05, 4.69) is 10.1 Å². The summed E-state index contributed by atoms with van der Waals surface area (Å²) in [5.41, 5.74) is 5.82. The van der Waals surface area contributed by atoms with Gasteiger partial charge in [-0.05, 0) is 65.7 Å². The number of nitrogens with zero attached hydrogens (tertiary/aromatic N) is 3. The molecule has 2 aromatic heterocycles. The molecule has 0 atom stereocenters. The molecular formula is C25H17Cl2N3O. The van der Waals surface area contributed by atoms with Crippen molar-refractivity contribution in [1.29, 1.82) is 0 Å². The molecule has 6 heteroatoms. The SMILES string of the molecule is Clc1ccc(COc2ccc(-c3ccnc4c(-c5ccc(Cl)cc5)cnn34)cc2)cc1. The molecule has 31 heavy (non-hydrogen) atoms. The largest absolute Gasteiger partial charge is 0.489 e. The van der Waals surface area contributed by atoms with Crippen molar-refractivity contribution in [3.05, 3.63) is 107 Å². The summed E-state index contributed by atoms with van der Waals surface area (Å²) in [6.07, 6.45) is 3.63. The molecule has 3 aromatic carbocycles. The third kappa shape index (κ3) is 4.13. The van der Waals surface area contributed by atoms with Gasteiger partial charge in [-0.15, -0.1) is 0 Å². The fraction of sp³-hybridized carbons (Fsp3) is 0.0400. The zero-order valence-corrected chi connectivity index (χ0v) is 17.9. The van der Waals surface area contributed by atoms with E-state index in [1.54, 1.807) is 6.20 Å². The van der Waals surface area contributed by atoms with Crippen LogP contribution in [0.5, 0.6) is 5.75 Å². The minimum atomic E-state index is 0.486.